The molecule has 0 fully saturated rings. The lowest BCUT2D eigenvalue weighted by molar-refractivity contribution is 0.223. The van der Waals surface area contributed by atoms with Gasteiger partial charge in [0.2, 0.25) is 0 Å². The number of hydrogen-bond acceptors (Lipinski definition) is 4. The second kappa shape index (κ2) is 5.97. The molecule has 21 heavy (non-hydrogen) atoms. The summed E-state index contributed by atoms with van der Waals surface area (Å²) in [5, 5.41) is 29.5. The zero-order valence-corrected chi connectivity index (χ0v) is 12.1. The smallest absolute Gasteiger partial charge is 0.132 e. The van der Waals surface area contributed by atoms with Gasteiger partial charge in [0, 0.05) is 22.9 Å². The van der Waals surface area contributed by atoms with Crippen LogP contribution in [0.1, 0.15) is 19.4 Å². The van der Waals surface area contributed by atoms with E-state index < -0.39 is 5.54 Å². The first-order valence-corrected chi connectivity index (χ1v) is 6.71. The standard InChI is InChI=1S/C17H19NO3/c1-17(2,11-19)18-10-12-6-5-8-14(16(12)21)13-7-3-4-9-15(13)20/h3-10,19-21H,11H2,1-2H3. The quantitative estimate of drug-likeness (QED) is 0.756. The highest BCUT2D eigenvalue weighted by Crippen LogP contribution is 2.36. The van der Waals surface area contributed by atoms with Crippen molar-refractivity contribution in [3.63, 3.8) is 0 Å². The molecule has 0 saturated carbocycles. The SMILES string of the molecule is CC(C)(CO)N=Cc1cccc(-c2ccccc2O)c1O. The summed E-state index contributed by atoms with van der Waals surface area (Å²) in [6, 6.07) is 12.1. The number of aliphatic hydroxyl groups is 1. The maximum atomic E-state index is 10.4. The molecule has 0 bridgehead atoms. The predicted octanol–water partition coefficient (Wildman–Crippen LogP) is 2.95. The van der Waals surface area contributed by atoms with Gasteiger partial charge in [-0.2, -0.15) is 0 Å². The third kappa shape index (κ3) is 3.41. The Hall–Kier alpha value is -2.33. The van der Waals surface area contributed by atoms with Crippen LogP contribution in [0.4, 0.5) is 0 Å². The van der Waals surface area contributed by atoms with E-state index in [2.05, 4.69) is 4.99 Å². The number of nitrogens with zero attached hydrogens (tertiary/aromatic N) is 1. The van der Waals surface area contributed by atoms with E-state index in [-0.39, 0.29) is 18.1 Å². The van der Waals surface area contributed by atoms with Gasteiger partial charge >= 0.3 is 0 Å². The number of benzene rings is 2. The molecule has 0 amide bonds. The largest absolute Gasteiger partial charge is 0.507 e. The fourth-order valence-corrected chi connectivity index (χ4v) is 1.87. The van der Waals surface area contributed by atoms with Gasteiger partial charge in [0.15, 0.2) is 0 Å². The van der Waals surface area contributed by atoms with Crippen LogP contribution in [0.25, 0.3) is 11.1 Å². The minimum atomic E-state index is -0.600. The Labute approximate surface area is 124 Å². The Morgan fingerprint density at radius 3 is 2.33 bits per heavy atom. The van der Waals surface area contributed by atoms with Crippen LogP contribution < -0.4 is 0 Å². The average Bonchev–Trinajstić information content (AvgIpc) is 2.47. The van der Waals surface area contributed by atoms with Crippen molar-refractivity contribution >= 4 is 6.21 Å². The van der Waals surface area contributed by atoms with Crippen LogP contribution in [-0.4, -0.2) is 33.7 Å². The molecule has 0 radical (unpaired) electrons. The summed E-state index contributed by atoms with van der Waals surface area (Å²) in [7, 11) is 0. The van der Waals surface area contributed by atoms with Gasteiger partial charge in [0.25, 0.3) is 0 Å². The van der Waals surface area contributed by atoms with Crippen LogP contribution in [0.5, 0.6) is 11.5 Å². The normalized spacial score (nSPS) is 12.0. The average molecular weight is 285 g/mol. The summed E-state index contributed by atoms with van der Waals surface area (Å²) in [6.07, 6.45) is 1.54. The Morgan fingerprint density at radius 1 is 1.00 bits per heavy atom. The summed E-state index contributed by atoms with van der Waals surface area (Å²) in [5.74, 6) is 0.161. The summed E-state index contributed by atoms with van der Waals surface area (Å²) in [4.78, 5) is 4.27. The highest BCUT2D eigenvalue weighted by Gasteiger charge is 2.14. The second-order valence-corrected chi connectivity index (χ2v) is 5.49. The first-order chi connectivity index (χ1) is 9.94. The molecule has 0 aromatic heterocycles. The summed E-state index contributed by atoms with van der Waals surface area (Å²) >= 11 is 0. The van der Waals surface area contributed by atoms with E-state index in [0.717, 1.165) is 0 Å². The van der Waals surface area contributed by atoms with Crippen LogP contribution >= 0.6 is 0 Å². The Balaban J connectivity index is 2.45. The van der Waals surface area contributed by atoms with E-state index in [4.69, 9.17) is 0 Å². The first kappa shape index (κ1) is 15.1. The highest BCUT2D eigenvalue weighted by atomic mass is 16.3. The Kier molecular flexibility index (Phi) is 4.29. The van der Waals surface area contributed by atoms with Crippen LogP contribution in [-0.2, 0) is 0 Å². The van der Waals surface area contributed by atoms with Crippen molar-refractivity contribution in [3.05, 3.63) is 48.0 Å². The van der Waals surface area contributed by atoms with Crippen LogP contribution in [0.15, 0.2) is 47.5 Å². The molecule has 0 aliphatic carbocycles. The minimum Gasteiger partial charge on any atom is -0.507 e. The van der Waals surface area contributed by atoms with Crippen LogP contribution in [0.3, 0.4) is 0 Å². The molecule has 0 atom stereocenters. The van der Waals surface area contributed by atoms with Crippen molar-refractivity contribution in [2.45, 2.75) is 19.4 Å². The monoisotopic (exact) mass is 285 g/mol. The van der Waals surface area contributed by atoms with Crippen molar-refractivity contribution in [1.82, 2.24) is 0 Å². The fraction of sp³-hybridized carbons (Fsp3) is 0.235. The molecule has 2 rings (SSSR count). The van der Waals surface area contributed by atoms with Gasteiger partial charge in [-0.1, -0.05) is 30.3 Å². The lowest BCUT2D eigenvalue weighted by Crippen LogP contribution is -2.21. The molecule has 0 heterocycles. The molecule has 4 nitrogen and oxygen atoms in total. The molecule has 0 aliphatic rings. The van der Waals surface area contributed by atoms with E-state index in [1.165, 1.54) is 6.21 Å². The maximum absolute atomic E-state index is 10.4. The van der Waals surface area contributed by atoms with E-state index >= 15 is 0 Å². The number of phenols is 2. The molecular weight excluding hydrogens is 266 g/mol. The first-order valence-electron chi connectivity index (χ1n) is 6.71. The lowest BCUT2D eigenvalue weighted by atomic mass is 10.0. The Morgan fingerprint density at radius 2 is 1.67 bits per heavy atom. The molecule has 0 unspecified atom stereocenters. The number of aromatic hydroxyl groups is 2. The summed E-state index contributed by atoms with van der Waals surface area (Å²) in [5.41, 5.74) is 1.04. The zero-order chi connectivity index (χ0) is 15.5. The molecular formula is C17H19NO3. The van der Waals surface area contributed by atoms with Gasteiger partial charge in [-0.25, -0.2) is 0 Å². The molecule has 4 heteroatoms. The summed E-state index contributed by atoms with van der Waals surface area (Å²) in [6.45, 7) is 3.52. The molecule has 3 N–H and O–H groups in total. The van der Waals surface area contributed by atoms with E-state index in [1.807, 2.05) is 0 Å². The van der Waals surface area contributed by atoms with E-state index in [9.17, 15) is 15.3 Å². The molecule has 2 aromatic rings. The second-order valence-electron chi connectivity index (χ2n) is 5.49. The topological polar surface area (TPSA) is 73.1 Å². The van der Waals surface area contributed by atoms with Crippen molar-refractivity contribution in [2.75, 3.05) is 6.61 Å². The zero-order valence-electron chi connectivity index (χ0n) is 12.1. The van der Waals surface area contributed by atoms with Gasteiger partial charge < -0.3 is 15.3 Å². The third-order valence-electron chi connectivity index (χ3n) is 3.20. The van der Waals surface area contributed by atoms with Gasteiger partial charge in [-0.05, 0) is 26.0 Å². The minimum absolute atomic E-state index is 0.0523. The fourth-order valence-electron chi connectivity index (χ4n) is 1.87. The number of aliphatic imine (C=N–C) groups is 1. The lowest BCUT2D eigenvalue weighted by Gasteiger charge is -2.15. The van der Waals surface area contributed by atoms with E-state index in [0.29, 0.717) is 16.7 Å². The maximum Gasteiger partial charge on any atom is 0.132 e. The Bertz CT molecular complexity index is 663. The predicted molar refractivity (Wildman–Crippen MR) is 84.0 cm³/mol. The molecule has 2 aromatic carbocycles. The van der Waals surface area contributed by atoms with Crippen LogP contribution in [0, 0.1) is 0 Å². The van der Waals surface area contributed by atoms with Crippen molar-refractivity contribution in [1.29, 1.82) is 0 Å². The molecule has 0 aliphatic heterocycles. The number of hydrogen-bond donors (Lipinski definition) is 3. The highest BCUT2D eigenvalue weighted by molar-refractivity contribution is 5.89. The number of phenolic OH excluding ortho intramolecular Hbond substituents is 2. The third-order valence-corrected chi connectivity index (χ3v) is 3.20. The van der Waals surface area contributed by atoms with Crippen molar-refractivity contribution in [2.24, 2.45) is 4.99 Å². The van der Waals surface area contributed by atoms with Gasteiger partial charge in [-0.3, -0.25) is 4.99 Å². The van der Waals surface area contributed by atoms with Crippen molar-refractivity contribution in [3.8, 4) is 22.6 Å². The van der Waals surface area contributed by atoms with E-state index in [1.54, 1.807) is 56.3 Å². The molecule has 0 saturated heterocycles. The van der Waals surface area contributed by atoms with Crippen molar-refractivity contribution < 1.29 is 15.3 Å². The number of aliphatic hydroxyl groups excluding tert-OH is 1. The molecule has 0 spiro atoms. The van der Waals surface area contributed by atoms with Crippen LogP contribution in [0.2, 0.25) is 0 Å². The van der Waals surface area contributed by atoms with Gasteiger partial charge in [-0.15, -0.1) is 0 Å². The number of rotatable bonds is 4. The van der Waals surface area contributed by atoms with Gasteiger partial charge in [0.05, 0.1) is 12.1 Å². The van der Waals surface area contributed by atoms with Gasteiger partial charge in [0.1, 0.15) is 11.5 Å². The molecule has 110 valence electrons. The summed E-state index contributed by atoms with van der Waals surface area (Å²) < 4.78 is 0. The number of para-hydroxylation sites is 2.